The van der Waals surface area contributed by atoms with Crippen LogP contribution < -0.4 is 0 Å². The maximum absolute atomic E-state index is 5.58. The third-order valence-corrected chi connectivity index (χ3v) is 3.44. The van der Waals surface area contributed by atoms with Gasteiger partial charge in [-0.2, -0.15) is 0 Å². The van der Waals surface area contributed by atoms with Crippen molar-refractivity contribution < 1.29 is 0 Å². The van der Waals surface area contributed by atoms with Gasteiger partial charge in [0.15, 0.2) is 0 Å². The third kappa shape index (κ3) is 7.09. The Bertz CT molecular complexity index is 58.8. The van der Waals surface area contributed by atoms with Crippen LogP contribution in [-0.2, 0) is 0 Å². The SMILES string of the molecule is CCCC[Si](Cl)(Cl)Cl. The van der Waals surface area contributed by atoms with E-state index in [1.807, 2.05) is 0 Å². The molecule has 50 valence electrons. The molecule has 0 fully saturated rings. The van der Waals surface area contributed by atoms with Crippen LogP contribution in [0.25, 0.3) is 0 Å². The van der Waals surface area contributed by atoms with Gasteiger partial charge in [-0.05, 0) is 6.04 Å². The van der Waals surface area contributed by atoms with E-state index in [-0.39, 0.29) is 0 Å². The molecule has 0 amide bonds. The Morgan fingerprint density at radius 3 is 1.88 bits per heavy atom. The zero-order valence-corrected chi connectivity index (χ0v) is 8.02. The van der Waals surface area contributed by atoms with Gasteiger partial charge in [0.05, 0.1) is 0 Å². The van der Waals surface area contributed by atoms with Crippen LogP contribution in [-0.4, -0.2) is 6.00 Å². The molecule has 0 saturated heterocycles. The summed E-state index contributed by atoms with van der Waals surface area (Å²) in [5, 5.41) is 0. The molecule has 0 heterocycles. The molecule has 0 rings (SSSR count). The normalized spacial score (nSPS) is 12.0. The minimum Gasteiger partial charge on any atom is -0.126 e. The van der Waals surface area contributed by atoms with E-state index in [0.717, 1.165) is 18.9 Å². The van der Waals surface area contributed by atoms with E-state index >= 15 is 0 Å². The van der Waals surface area contributed by atoms with Gasteiger partial charge in [0, 0.05) is 0 Å². The van der Waals surface area contributed by atoms with Gasteiger partial charge in [-0.3, -0.25) is 0 Å². The topological polar surface area (TPSA) is 0 Å². The molecule has 0 radical (unpaired) electrons. The lowest BCUT2D eigenvalue weighted by atomic mass is 10.4. The highest BCUT2D eigenvalue weighted by molar-refractivity contribution is 7.64. The lowest BCUT2D eigenvalue weighted by Crippen LogP contribution is -2.07. The monoisotopic (exact) mass is 190 g/mol. The van der Waals surface area contributed by atoms with E-state index < -0.39 is 6.00 Å². The predicted octanol–water partition coefficient (Wildman–Crippen LogP) is 3.44. The Hall–Kier alpha value is 1.09. The second-order valence-corrected chi connectivity index (χ2v) is 11.0. The Balaban J connectivity index is 3.11. The highest BCUT2D eigenvalue weighted by atomic mass is 35.8. The fourth-order valence-corrected chi connectivity index (χ4v) is 2.33. The second-order valence-electron chi connectivity index (χ2n) is 1.72. The lowest BCUT2D eigenvalue weighted by molar-refractivity contribution is 0.879. The van der Waals surface area contributed by atoms with Gasteiger partial charge in [0.2, 0.25) is 0 Å². The molecule has 8 heavy (non-hydrogen) atoms. The average molecular weight is 192 g/mol. The van der Waals surface area contributed by atoms with Gasteiger partial charge in [0.1, 0.15) is 0 Å². The van der Waals surface area contributed by atoms with Gasteiger partial charge >= 0.3 is 6.00 Å². The van der Waals surface area contributed by atoms with Gasteiger partial charge in [-0.25, -0.2) is 0 Å². The predicted molar refractivity (Wildman–Crippen MR) is 43.0 cm³/mol. The van der Waals surface area contributed by atoms with Crippen molar-refractivity contribution in [1.82, 2.24) is 0 Å². The number of hydrogen-bond acceptors (Lipinski definition) is 0. The van der Waals surface area contributed by atoms with Crippen LogP contribution in [0.1, 0.15) is 19.8 Å². The smallest absolute Gasteiger partial charge is 0.126 e. The Morgan fingerprint density at radius 1 is 1.25 bits per heavy atom. The van der Waals surface area contributed by atoms with Crippen LogP contribution in [0.4, 0.5) is 0 Å². The van der Waals surface area contributed by atoms with E-state index in [9.17, 15) is 0 Å². The summed E-state index contributed by atoms with van der Waals surface area (Å²) < 4.78 is 0. The quantitative estimate of drug-likeness (QED) is 0.474. The molecule has 0 saturated carbocycles. The molecule has 0 bridgehead atoms. The van der Waals surface area contributed by atoms with E-state index in [1.165, 1.54) is 0 Å². The Kier molecular flexibility index (Phi) is 4.53. The maximum atomic E-state index is 5.58. The number of unbranched alkanes of at least 4 members (excludes halogenated alkanes) is 1. The largest absolute Gasteiger partial charge is 0.341 e. The summed E-state index contributed by atoms with van der Waals surface area (Å²) in [5.74, 6) is 0. The first kappa shape index (κ1) is 9.09. The van der Waals surface area contributed by atoms with E-state index in [0.29, 0.717) is 0 Å². The van der Waals surface area contributed by atoms with Crippen molar-refractivity contribution in [1.29, 1.82) is 0 Å². The first-order valence-corrected chi connectivity index (χ1v) is 7.87. The molecule has 0 unspecified atom stereocenters. The van der Waals surface area contributed by atoms with Crippen molar-refractivity contribution >= 4 is 39.2 Å². The molecule has 0 N–H and O–H groups in total. The first-order valence-electron chi connectivity index (χ1n) is 2.63. The zero-order chi connectivity index (χ0) is 6.62. The van der Waals surface area contributed by atoms with Crippen LogP contribution in [0.5, 0.6) is 0 Å². The summed E-state index contributed by atoms with van der Waals surface area (Å²) in [6, 6.07) is -1.46. The van der Waals surface area contributed by atoms with Gasteiger partial charge in [-0.15, -0.1) is 33.2 Å². The summed E-state index contributed by atoms with van der Waals surface area (Å²) in [5.41, 5.74) is 0. The fraction of sp³-hybridized carbons (Fsp3) is 1.00. The second kappa shape index (κ2) is 3.99. The average Bonchev–Trinajstić information content (AvgIpc) is 1.59. The molecule has 0 aliphatic rings. The van der Waals surface area contributed by atoms with Crippen LogP contribution in [0.15, 0.2) is 0 Å². The van der Waals surface area contributed by atoms with Crippen molar-refractivity contribution in [3.05, 3.63) is 0 Å². The van der Waals surface area contributed by atoms with Crippen LogP contribution >= 0.6 is 33.2 Å². The number of hydrogen-bond donors (Lipinski definition) is 0. The summed E-state index contributed by atoms with van der Waals surface area (Å²) >= 11 is 16.7. The molecule has 0 aromatic carbocycles. The minimum atomic E-state index is -2.26. The molecule has 0 aromatic heterocycles. The molecule has 0 atom stereocenters. The van der Waals surface area contributed by atoms with E-state index in [4.69, 9.17) is 33.2 Å². The van der Waals surface area contributed by atoms with E-state index in [2.05, 4.69) is 6.92 Å². The van der Waals surface area contributed by atoms with Gasteiger partial charge in [0.25, 0.3) is 0 Å². The molecular formula is C4H9Cl3Si. The van der Waals surface area contributed by atoms with Crippen molar-refractivity contribution in [3.8, 4) is 0 Å². The molecule has 4 heteroatoms. The molecule has 0 spiro atoms. The summed E-state index contributed by atoms with van der Waals surface area (Å²) in [7, 11) is 0. The van der Waals surface area contributed by atoms with Crippen molar-refractivity contribution in [3.63, 3.8) is 0 Å². The highest BCUT2D eigenvalue weighted by Gasteiger charge is 2.22. The lowest BCUT2D eigenvalue weighted by Gasteiger charge is -2.03. The molecule has 0 aliphatic carbocycles. The standard InChI is InChI=1S/C4H9Cl3Si/c1-2-3-4-8(5,6)7/h2-4H2,1H3. The fourth-order valence-electron chi connectivity index (χ4n) is 0.377. The van der Waals surface area contributed by atoms with Crippen LogP contribution in [0, 0.1) is 0 Å². The molecule has 0 aromatic rings. The van der Waals surface area contributed by atoms with Gasteiger partial charge in [-0.1, -0.05) is 19.8 Å². The molecule has 0 aliphatic heterocycles. The number of rotatable bonds is 3. The third-order valence-electron chi connectivity index (χ3n) is 0.814. The number of halogens is 3. The van der Waals surface area contributed by atoms with Crippen LogP contribution in [0.2, 0.25) is 6.04 Å². The summed E-state index contributed by atoms with van der Waals surface area (Å²) in [4.78, 5) is 0. The van der Waals surface area contributed by atoms with Crippen molar-refractivity contribution in [2.24, 2.45) is 0 Å². The van der Waals surface area contributed by atoms with Crippen molar-refractivity contribution in [2.45, 2.75) is 25.8 Å². The van der Waals surface area contributed by atoms with Crippen molar-refractivity contribution in [2.75, 3.05) is 0 Å². The van der Waals surface area contributed by atoms with E-state index in [1.54, 1.807) is 0 Å². The molecular weight excluding hydrogens is 182 g/mol. The molecule has 0 nitrogen and oxygen atoms in total. The Morgan fingerprint density at radius 2 is 1.75 bits per heavy atom. The summed E-state index contributed by atoms with van der Waals surface area (Å²) in [6.45, 7) is 2.09. The highest BCUT2D eigenvalue weighted by Crippen LogP contribution is 2.26. The van der Waals surface area contributed by atoms with Gasteiger partial charge < -0.3 is 0 Å². The maximum Gasteiger partial charge on any atom is 0.341 e. The minimum absolute atomic E-state index is 0.800. The summed E-state index contributed by atoms with van der Waals surface area (Å²) in [6.07, 6.45) is 2.16. The van der Waals surface area contributed by atoms with Crippen LogP contribution in [0.3, 0.4) is 0 Å². The Labute approximate surface area is 65.2 Å². The zero-order valence-electron chi connectivity index (χ0n) is 4.76. The first-order chi connectivity index (χ1) is 3.56.